The van der Waals surface area contributed by atoms with Gasteiger partial charge in [-0.2, -0.15) is 10.3 Å². The highest BCUT2D eigenvalue weighted by atomic mass is 32.2. The van der Waals surface area contributed by atoms with Gasteiger partial charge in [0, 0.05) is 23.1 Å². The molecule has 8 heteroatoms. The number of nitrogens with zero attached hydrogens (tertiary/aromatic N) is 6. The molecule has 5 rings (SSSR count). The van der Waals surface area contributed by atoms with E-state index < -0.39 is 0 Å². The Morgan fingerprint density at radius 2 is 1.83 bits per heavy atom. The number of rotatable bonds is 5. The summed E-state index contributed by atoms with van der Waals surface area (Å²) in [5.74, 6) is 1.45. The number of fused-ring (bicyclic) bond motifs is 1. The van der Waals surface area contributed by atoms with Crippen LogP contribution < -0.4 is 0 Å². The van der Waals surface area contributed by atoms with E-state index in [1.807, 2.05) is 35.7 Å². The molecule has 0 spiro atoms. The van der Waals surface area contributed by atoms with Gasteiger partial charge in [0.2, 0.25) is 5.82 Å². The van der Waals surface area contributed by atoms with Gasteiger partial charge in [0.05, 0.1) is 6.20 Å². The molecule has 0 amide bonds. The van der Waals surface area contributed by atoms with Gasteiger partial charge in [-0.05, 0) is 34.9 Å². The molecule has 0 saturated heterocycles. The summed E-state index contributed by atoms with van der Waals surface area (Å²) in [4.78, 5) is 4.50. The van der Waals surface area contributed by atoms with Gasteiger partial charge in [-0.1, -0.05) is 48.5 Å². The fraction of sp³-hybridized carbons (Fsp3) is 0.0952. The largest absolute Gasteiger partial charge is 0.234 e. The van der Waals surface area contributed by atoms with Gasteiger partial charge in [0.1, 0.15) is 5.03 Å². The van der Waals surface area contributed by atoms with Crippen LogP contribution in [0.3, 0.4) is 0 Å². The predicted molar refractivity (Wildman–Crippen MR) is 112 cm³/mol. The van der Waals surface area contributed by atoms with Crippen molar-refractivity contribution in [3.8, 4) is 22.5 Å². The lowest BCUT2D eigenvalue weighted by atomic mass is 9.98. The third kappa shape index (κ3) is 3.50. The number of hydrogen-bond donors (Lipinski definition) is 1. The second kappa shape index (κ2) is 7.48. The normalized spacial score (nSPS) is 11.2. The molecule has 2 aromatic carbocycles. The van der Waals surface area contributed by atoms with Crippen molar-refractivity contribution in [3.05, 3.63) is 78.1 Å². The molecular formula is C21H17N7S. The van der Waals surface area contributed by atoms with Crippen molar-refractivity contribution < 1.29 is 0 Å². The highest BCUT2D eigenvalue weighted by Gasteiger charge is 2.11. The van der Waals surface area contributed by atoms with Crippen molar-refractivity contribution in [3.63, 3.8) is 0 Å². The first-order chi connectivity index (χ1) is 14.3. The van der Waals surface area contributed by atoms with E-state index in [4.69, 9.17) is 0 Å². The lowest BCUT2D eigenvalue weighted by molar-refractivity contribution is 0.834. The summed E-state index contributed by atoms with van der Waals surface area (Å²) in [5.41, 5.74) is 6.27. The Labute approximate surface area is 171 Å². The van der Waals surface area contributed by atoms with Gasteiger partial charge >= 0.3 is 0 Å². The Balaban J connectivity index is 1.38. The number of aromatic nitrogens is 7. The SMILES string of the molecule is Cc1cc(SCc2ccc(-c3ccccc3-c3nn[nH]n3)cc2)n2nccc2n1. The second-order valence-electron chi connectivity index (χ2n) is 6.60. The van der Waals surface area contributed by atoms with Crippen LogP contribution in [0.15, 0.2) is 71.9 Å². The molecule has 0 atom stereocenters. The topological polar surface area (TPSA) is 84.7 Å². The van der Waals surface area contributed by atoms with Crippen LogP contribution in [0.4, 0.5) is 0 Å². The molecule has 0 radical (unpaired) electrons. The van der Waals surface area contributed by atoms with E-state index in [9.17, 15) is 0 Å². The molecule has 0 saturated carbocycles. The van der Waals surface area contributed by atoms with Gasteiger partial charge in [0.15, 0.2) is 5.65 Å². The Hall–Kier alpha value is -3.52. The molecular weight excluding hydrogens is 382 g/mol. The van der Waals surface area contributed by atoms with E-state index >= 15 is 0 Å². The van der Waals surface area contributed by atoms with Gasteiger partial charge in [-0.25, -0.2) is 9.50 Å². The quantitative estimate of drug-likeness (QED) is 0.353. The lowest BCUT2D eigenvalue weighted by Crippen LogP contribution is -1.96. The number of aryl methyl sites for hydroxylation is 1. The summed E-state index contributed by atoms with van der Waals surface area (Å²) in [6.45, 7) is 2.01. The van der Waals surface area contributed by atoms with Crippen LogP contribution >= 0.6 is 11.8 Å². The van der Waals surface area contributed by atoms with E-state index in [0.717, 1.165) is 38.8 Å². The first-order valence-electron chi connectivity index (χ1n) is 9.14. The van der Waals surface area contributed by atoms with Crippen molar-refractivity contribution in [2.24, 2.45) is 0 Å². The zero-order valence-electron chi connectivity index (χ0n) is 15.6. The van der Waals surface area contributed by atoms with E-state index in [1.54, 1.807) is 18.0 Å². The molecule has 3 heterocycles. The molecule has 142 valence electrons. The summed E-state index contributed by atoms with van der Waals surface area (Å²) in [6.07, 6.45) is 1.78. The first-order valence-corrected chi connectivity index (χ1v) is 10.1. The number of benzene rings is 2. The van der Waals surface area contributed by atoms with Gasteiger partial charge in [0.25, 0.3) is 0 Å². The van der Waals surface area contributed by atoms with E-state index in [-0.39, 0.29) is 0 Å². The fourth-order valence-electron chi connectivity index (χ4n) is 3.25. The summed E-state index contributed by atoms with van der Waals surface area (Å²) in [6, 6.07) is 20.7. The Morgan fingerprint density at radius 1 is 1.00 bits per heavy atom. The van der Waals surface area contributed by atoms with Gasteiger partial charge in [-0.3, -0.25) is 0 Å². The van der Waals surface area contributed by atoms with E-state index in [2.05, 4.69) is 67.1 Å². The minimum Gasteiger partial charge on any atom is -0.234 e. The van der Waals surface area contributed by atoms with Crippen molar-refractivity contribution in [1.29, 1.82) is 0 Å². The van der Waals surface area contributed by atoms with Gasteiger partial charge in [-0.15, -0.1) is 22.0 Å². The monoisotopic (exact) mass is 399 g/mol. The third-order valence-corrected chi connectivity index (χ3v) is 5.68. The van der Waals surface area contributed by atoms with Gasteiger partial charge < -0.3 is 0 Å². The standard InChI is InChI=1S/C21H17N7S/c1-14-12-20(28-19(23-14)10-11-22-28)29-13-15-6-8-16(9-7-15)17-4-2-3-5-18(17)21-24-26-27-25-21/h2-12H,13H2,1H3,(H,24,25,26,27). The minimum atomic E-state index is 0.594. The van der Waals surface area contributed by atoms with Crippen LogP contribution in [0.25, 0.3) is 28.2 Å². The number of H-pyrrole nitrogens is 1. The van der Waals surface area contributed by atoms with E-state index in [1.165, 1.54) is 5.56 Å². The van der Waals surface area contributed by atoms with Crippen LogP contribution in [0.2, 0.25) is 0 Å². The Kier molecular flexibility index (Phi) is 4.53. The average molecular weight is 399 g/mol. The lowest BCUT2D eigenvalue weighted by Gasteiger charge is -2.09. The molecule has 29 heavy (non-hydrogen) atoms. The molecule has 0 aliphatic carbocycles. The van der Waals surface area contributed by atoms with Crippen molar-refractivity contribution in [2.75, 3.05) is 0 Å². The number of thioether (sulfide) groups is 1. The van der Waals surface area contributed by atoms with E-state index in [0.29, 0.717) is 5.82 Å². The maximum absolute atomic E-state index is 4.50. The van der Waals surface area contributed by atoms with Crippen LogP contribution in [0.1, 0.15) is 11.3 Å². The predicted octanol–water partition coefficient (Wildman–Crippen LogP) is 4.18. The zero-order valence-corrected chi connectivity index (χ0v) is 16.5. The van der Waals surface area contributed by atoms with Crippen molar-refractivity contribution >= 4 is 17.4 Å². The number of tetrazole rings is 1. The highest BCUT2D eigenvalue weighted by Crippen LogP contribution is 2.31. The summed E-state index contributed by atoms with van der Waals surface area (Å²) in [5, 5.41) is 19.9. The summed E-state index contributed by atoms with van der Waals surface area (Å²) >= 11 is 1.75. The zero-order chi connectivity index (χ0) is 19.6. The molecule has 0 fully saturated rings. The molecule has 1 N–H and O–H groups in total. The highest BCUT2D eigenvalue weighted by molar-refractivity contribution is 7.98. The molecule has 5 aromatic rings. The molecule has 3 aromatic heterocycles. The minimum absolute atomic E-state index is 0.594. The number of nitrogens with one attached hydrogen (secondary N) is 1. The smallest absolute Gasteiger partial charge is 0.205 e. The molecule has 0 unspecified atom stereocenters. The fourth-order valence-corrected chi connectivity index (χ4v) is 4.27. The maximum atomic E-state index is 4.50. The van der Waals surface area contributed by atoms with Crippen LogP contribution in [-0.4, -0.2) is 35.2 Å². The Morgan fingerprint density at radius 3 is 2.62 bits per heavy atom. The molecule has 7 nitrogen and oxygen atoms in total. The maximum Gasteiger partial charge on any atom is 0.205 e. The second-order valence-corrected chi connectivity index (χ2v) is 7.60. The third-order valence-electron chi connectivity index (χ3n) is 4.62. The molecule has 0 aliphatic heterocycles. The number of hydrogen-bond acceptors (Lipinski definition) is 6. The van der Waals surface area contributed by atoms with Crippen LogP contribution in [0, 0.1) is 6.92 Å². The summed E-state index contributed by atoms with van der Waals surface area (Å²) in [7, 11) is 0. The van der Waals surface area contributed by atoms with Crippen molar-refractivity contribution in [1.82, 2.24) is 35.2 Å². The Bertz CT molecular complexity index is 1260. The molecule has 0 aliphatic rings. The summed E-state index contributed by atoms with van der Waals surface area (Å²) < 4.78 is 1.88. The first kappa shape index (κ1) is 17.6. The van der Waals surface area contributed by atoms with Crippen molar-refractivity contribution in [2.45, 2.75) is 17.7 Å². The van der Waals surface area contributed by atoms with Crippen LogP contribution in [-0.2, 0) is 5.75 Å². The average Bonchev–Trinajstić information content (AvgIpc) is 3.44. The molecule has 0 bridgehead atoms. The number of aromatic amines is 1. The van der Waals surface area contributed by atoms with Crippen LogP contribution in [0.5, 0.6) is 0 Å².